The third kappa shape index (κ3) is 5.23. The van der Waals surface area contributed by atoms with E-state index in [0.717, 1.165) is 0 Å². The van der Waals surface area contributed by atoms with Gasteiger partial charge in [-0.25, -0.2) is 0 Å². The quantitative estimate of drug-likeness (QED) is 0.217. The molecule has 7 rings (SSSR count). The van der Waals surface area contributed by atoms with Crippen LogP contribution in [0.2, 0.25) is 0 Å². The first-order valence-corrected chi connectivity index (χ1v) is 15.1. The highest BCUT2D eigenvalue weighted by Gasteiger charge is 2.21. The zero-order valence-corrected chi connectivity index (χ0v) is 25.1. The van der Waals surface area contributed by atoms with E-state index < -0.39 is 0 Å². The lowest BCUT2D eigenvalue weighted by Crippen LogP contribution is -2.31. The van der Waals surface area contributed by atoms with Crippen LogP contribution in [0.15, 0.2) is 170 Å². The zero-order valence-electron chi connectivity index (χ0n) is 25.1. The van der Waals surface area contributed by atoms with Gasteiger partial charge in [-0.05, 0) is 68.1 Å². The van der Waals surface area contributed by atoms with Crippen LogP contribution < -0.4 is 10.4 Å². The van der Waals surface area contributed by atoms with Crippen LogP contribution in [-0.4, -0.2) is 23.9 Å². The molecule has 0 amide bonds. The summed E-state index contributed by atoms with van der Waals surface area (Å²) in [6.07, 6.45) is 9.33. The van der Waals surface area contributed by atoms with E-state index >= 15 is 0 Å². The van der Waals surface area contributed by atoms with Gasteiger partial charge < -0.3 is 9.80 Å². The highest BCUT2D eigenvalue weighted by molar-refractivity contribution is 5.95. The maximum atomic E-state index is 2.33. The van der Waals surface area contributed by atoms with Gasteiger partial charge in [-0.1, -0.05) is 146 Å². The Morgan fingerprint density at radius 3 is 0.773 bits per heavy atom. The Morgan fingerprint density at radius 1 is 0.295 bits per heavy atom. The molecule has 0 unspecified atom stereocenters. The fraction of sp³-hybridized carbons (Fsp3) is 0.0476. The topological polar surface area (TPSA) is 6.48 Å². The summed E-state index contributed by atoms with van der Waals surface area (Å²) in [5.41, 5.74) is 11.8. The molecule has 0 radical (unpaired) electrons. The Hall–Kier alpha value is -5.60. The van der Waals surface area contributed by atoms with Crippen LogP contribution in [0.3, 0.4) is 0 Å². The van der Waals surface area contributed by atoms with Crippen molar-refractivity contribution in [1.82, 2.24) is 9.80 Å². The Kier molecular flexibility index (Phi) is 7.40. The Labute approximate surface area is 259 Å². The molecule has 0 bridgehead atoms. The lowest BCUT2D eigenvalue weighted by atomic mass is 9.94. The van der Waals surface area contributed by atoms with Crippen molar-refractivity contribution in [3.63, 3.8) is 0 Å². The molecule has 0 saturated heterocycles. The SMILES string of the molecule is CN1C(c2ccccc2)=CC(=c2ccccc2=C2C=C(c3ccccc3)N(C)C(c3ccccc3)=C2)C=C1c1ccccc1. The highest BCUT2D eigenvalue weighted by Crippen LogP contribution is 2.35. The number of benzene rings is 5. The predicted octanol–water partition coefficient (Wildman–Crippen LogP) is 8.04. The van der Waals surface area contributed by atoms with Crippen LogP contribution in [0.25, 0.3) is 33.9 Å². The van der Waals surface area contributed by atoms with E-state index in [9.17, 15) is 0 Å². The fourth-order valence-electron chi connectivity index (χ4n) is 6.16. The number of rotatable bonds is 4. The van der Waals surface area contributed by atoms with Crippen molar-refractivity contribution in [2.75, 3.05) is 14.1 Å². The van der Waals surface area contributed by atoms with Gasteiger partial charge in [-0.2, -0.15) is 0 Å². The second-order valence-corrected chi connectivity index (χ2v) is 11.2. The summed E-state index contributed by atoms with van der Waals surface area (Å²) >= 11 is 0. The molecule has 0 fully saturated rings. The largest absolute Gasteiger partial charge is 0.344 e. The second-order valence-electron chi connectivity index (χ2n) is 11.2. The Bertz CT molecular complexity index is 1780. The van der Waals surface area contributed by atoms with E-state index in [-0.39, 0.29) is 0 Å². The normalized spacial score (nSPS) is 15.0. The van der Waals surface area contributed by atoms with Crippen LogP contribution in [0.4, 0.5) is 0 Å². The van der Waals surface area contributed by atoms with Crippen molar-refractivity contribution < 1.29 is 0 Å². The van der Waals surface area contributed by atoms with Gasteiger partial charge in [0.25, 0.3) is 0 Å². The van der Waals surface area contributed by atoms with Crippen LogP contribution in [0.5, 0.6) is 0 Å². The number of hydrogen-bond donors (Lipinski definition) is 0. The molecule has 2 aliphatic rings. The van der Waals surface area contributed by atoms with Crippen molar-refractivity contribution in [3.05, 3.63) is 203 Å². The average molecular weight is 567 g/mol. The van der Waals surface area contributed by atoms with Gasteiger partial charge in [0.05, 0.1) is 0 Å². The maximum Gasteiger partial charge on any atom is 0.0488 e. The van der Waals surface area contributed by atoms with Gasteiger partial charge in [-0.3, -0.25) is 0 Å². The number of nitrogens with zero attached hydrogens (tertiary/aromatic N) is 2. The molecule has 0 atom stereocenters. The Morgan fingerprint density at radius 2 is 0.523 bits per heavy atom. The highest BCUT2D eigenvalue weighted by atomic mass is 15.1. The molecule has 0 saturated carbocycles. The van der Waals surface area contributed by atoms with Crippen molar-refractivity contribution in [2.45, 2.75) is 0 Å². The first kappa shape index (κ1) is 27.2. The molecule has 5 aromatic rings. The molecule has 212 valence electrons. The minimum atomic E-state index is 1.17. The second kappa shape index (κ2) is 11.9. The summed E-state index contributed by atoms with van der Waals surface area (Å²) in [5.74, 6) is 0. The zero-order chi connectivity index (χ0) is 29.9. The lowest BCUT2D eigenvalue weighted by molar-refractivity contribution is 0.681. The van der Waals surface area contributed by atoms with Crippen LogP contribution in [0.1, 0.15) is 22.3 Å². The molecule has 0 aromatic heterocycles. The molecule has 2 heterocycles. The average Bonchev–Trinajstić information content (AvgIpc) is 3.10. The smallest absolute Gasteiger partial charge is 0.0488 e. The van der Waals surface area contributed by atoms with E-state index in [4.69, 9.17) is 0 Å². The summed E-state index contributed by atoms with van der Waals surface area (Å²) in [7, 11) is 4.33. The molecule has 0 N–H and O–H groups in total. The summed E-state index contributed by atoms with van der Waals surface area (Å²) in [6, 6.07) is 51.5. The Balaban J connectivity index is 1.55. The molecule has 5 aromatic carbocycles. The minimum Gasteiger partial charge on any atom is -0.344 e. The monoisotopic (exact) mass is 566 g/mol. The van der Waals surface area contributed by atoms with Crippen molar-refractivity contribution in [2.24, 2.45) is 0 Å². The third-order valence-electron chi connectivity index (χ3n) is 8.44. The maximum absolute atomic E-state index is 2.33. The van der Waals surface area contributed by atoms with Gasteiger partial charge in [0.15, 0.2) is 0 Å². The van der Waals surface area contributed by atoms with E-state index in [1.54, 1.807) is 0 Å². The van der Waals surface area contributed by atoms with E-state index in [1.807, 2.05) is 0 Å². The molecule has 2 heteroatoms. The van der Waals surface area contributed by atoms with Crippen molar-refractivity contribution in [1.29, 1.82) is 0 Å². The van der Waals surface area contributed by atoms with E-state index in [2.05, 4.69) is 194 Å². The molecule has 0 aliphatic carbocycles. The third-order valence-corrected chi connectivity index (χ3v) is 8.44. The molecular formula is C42H34N2. The lowest BCUT2D eigenvalue weighted by Gasteiger charge is -2.31. The van der Waals surface area contributed by atoms with E-state index in [1.165, 1.54) is 66.6 Å². The van der Waals surface area contributed by atoms with Gasteiger partial charge in [0.1, 0.15) is 0 Å². The summed E-state index contributed by atoms with van der Waals surface area (Å²) in [5, 5.41) is 2.41. The molecule has 0 spiro atoms. The van der Waals surface area contributed by atoms with Gasteiger partial charge in [0.2, 0.25) is 0 Å². The first-order valence-electron chi connectivity index (χ1n) is 15.1. The minimum absolute atomic E-state index is 1.17. The standard InChI is InChI=1S/C42H34N2/c1-43-39(31-17-7-3-8-18-31)27-35(28-40(43)32-19-9-4-10-20-32)37-25-15-16-26-38(37)36-29-41(33-21-11-5-12-22-33)44(2)42(30-36)34-23-13-6-14-24-34/h3-30H,1-2H3. The number of allylic oxidation sites excluding steroid dienone is 4. The fourth-order valence-corrected chi connectivity index (χ4v) is 6.16. The van der Waals surface area contributed by atoms with Crippen LogP contribution in [0, 0.1) is 0 Å². The van der Waals surface area contributed by atoms with Gasteiger partial charge >= 0.3 is 0 Å². The predicted molar refractivity (Wildman–Crippen MR) is 186 cm³/mol. The van der Waals surface area contributed by atoms with E-state index in [0.29, 0.717) is 0 Å². The molecule has 44 heavy (non-hydrogen) atoms. The van der Waals surface area contributed by atoms with Crippen LogP contribution >= 0.6 is 0 Å². The van der Waals surface area contributed by atoms with Gasteiger partial charge in [0, 0.05) is 36.9 Å². The van der Waals surface area contributed by atoms with Gasteiger partial charge in [-0.15, -0.1) is 0 Å². The van der Waals surface area contributed by atoms with Crippen molar-refractivity contribution in [3.8, 4) is 0 Å². The molecule has 2 aliphatic heterocycles. The van der Waals surface area contributed by atoms with Crippen molar-refractivity contribution >= 4 is 33.9 Å². The summed E-state index contributed by atoms with van der Waals surface area (Å²) < 4.78 is 0. The van der Waals surface area contributed by atoms with Crippen LogP contribution in [-0.2, 0) is 0 Å². The number of hydrogen-bond acceptors (Lipinski definition) is 2. The molecule has 2 nitrogen and oxygen atoms in total. The molecular weight excluding hydrogens is 532 g/mol. The first-order chi connectivity index (χ1) is 21.7. The summed E-state index contributed by atoms with van der Waals surface area (Å²) in [6.45, 7) is 0. The summed E-state index contributed by atoms with van der Waals surface area (Å²) in [4.78, 5) is 4.61.